The zero-order valence-electron chi connectivity index (χ0n) is 20.8. The van der Waals surface area contributed by atoms with Crippen LogP contribution in [0.2, 0.25) is 0 Å². The minimum atomic E-state index is -1.49. The Morgan fingerprint density at radius 2 is 1.95 bits per heavy atom. The van der Waals surface area contributed by atoms with E-state index in [1.165, 1.54) is 19.2 Å². The summed E-state index contributed by atoms with van der Waals surface area (Å²) in [6.45, 7) is -0.0879. The van der Waals surface area contributed by atoms with E-state index in [4.69, 9.17) is 9.47 Å². The first-order chi connectivity index (χ1) is 18.3. The van der Waals surface area contributed by atoms with E-state index < -0.39 is 35.9 Å². The zero-order valence-corrected chi connectivity index (χ0v) is 20.8. The van der Waals surface area contributed by atoms with Crippen molar-refractivity contribution in [2.24, 2.45) is 5.92 Å². The van der Waals surface area contributed by atoms with Gasteiger partial charge in [0.25, 0.3) is 5.91 Å². The van der Waals surface area contributed by atoms with Gasteiger partial charge in [0.2, 0.25) is 11.5 Å². The van der Waals surface area contributed by atoms with E-state index in [0.29, 0.717) is 29.0 Å². The zero-order chi connectivity index (χ0) is 26.6. The fourth-order valence-electron chi connectivity index (χ4n) is 5.67. The number of carbonyl (C=O) groups is 4. The van der Waals surface area contributed by atoms with Gasteiger partial charge in [-0.25, -0.2) is 18.9 Å². The fourth-order valence-corrected chi connectivity index (χ4v) is 5.67. The van der Waals surface area contributed by atoms with Gasteiger partial charge in [0.15, 0.2) is 0 Å². The number of fused-ring (bicyclic) bond motifs is 3. The number of amides is 5. The van der Waals surface area contributed by atoms with Crippen LogP contribution >= 0.6 is 0 Å². The standard InChI is InChI=1S/C27H27FN4O6/c1-29-25(35)30-19-5-6-20-16(11-19)8-9-27(20)24(34)32(26(36)38-27)13-23(33)31-12-17-10-18(28)4-7-22(17)37-14-21(31)15-2-3-15/h4-7,10-11,15,21H,2-3,8-9,12-14H2,1H3,(H2,29,30,35)/t21-,27-/m1/s1. The lowest BCUT2D eigenvalue weighted by molar-refractivity contribution is -0.143. The molecular weight excluding hydrogens is 495 g/mol. The smallest absolute Gasteiger partial charge is 0.418 e. The third-order valence-corrected chi connectivity index (χ3v) is 7.80. The molecule has 198 valence electrons. The Balaban J connectivity index is 1.23. The average Bonchev–Trinajstić information content (AvgIpc) is 3.66. The van der Waals surface area contributed by atoms with Crippen LogP contribution in [-0.4, -0.2) is 60.0 Å². The van der Waals surface area contributed by atoms with E-state index in [2.05, 4.69) is 10.6 Å². The van der Waals surface area contributed by atoms with E-state index in [9.17, 15) is 23.6 Å². The number of aryl methyl sites for hydroxylation is 1. The molecule has 2 aliphatic carbocycles. The van der Waals surface area contributed by atoms with Gasteiger partial charge in [0.1, 0.15) is 24.7 Å². The van der Waals surface area contributed by atoms with Crippen molar-refractivity contribution in [1.82, 2.24) is 15.1 Å². The molecule has 1 saturated heterocycles. The van der Waals surface area contributed by atoms with Crippen molar-refractivity contribution in [2.45, 2.75) is 43.9 Å². The van der Waals surface area contributed by atoms with Gasteiger partial charge in [0.05, 0.1) is 6.04 Å². The summed E-state index contributed by atoms with van der Waals surface area (Å²) in [5.74, 6) is -0.658. The molecule has 11 heteroatoms. The number of urea groups is 1. The Kier molecular flexibility index (Phi) is 5.73. The first kappa shape index (κ1) is 24.2. The van der Waals surface area contributed by atoms with Crippen LogP contribution in [0, 0.1) is 11.7 Å². The molecule has 2 atom stereocenters. The van der Waals surface area contributed by atoms with Crippen LogP contribution in [-0.2, 0) is 32.9 Å². The van der Waals surface area contributed by atoms with Crippen molar-refractivity contribution < 1.29 is 33.0 Å². The van der Waals surface area contributed by atoms with Crippen molar-refractivity contribution in [1.29, 1.82) is 0 Å². The van der Waals surface area contributed by atoms with E-state index in [-0.39, 0.29) is 37.6 Å². The van der Waals surface area contributed by atoms with Gasteiger partial charge < -0.3 is 25.0 Å². The second-order valence-corrected chi connectivity index (χ2v) is 10.2. The molecule has 0 aromatic heterocycles. The van der Waals surface area contributed by atoms with E-state index in [1.807, 2.05) is 0 Å². The summed E-state index contributed by atoms with van der Waals surface area (Å²) in [6, 6.07) is 8.67. The van der Waals surface area contributed by atoms with Crippen molar-refractivity contribution in [3.05, 3.63) is 58.9 Å². The molecule has 1 spiro atoms. The van der Waals surface area contributed by atoms with Gasteiger partial charge in [-0.2, -0.15) is 0 Å². The maximum Gasteiger partial charge on any atom is 0.418 e. The van der Waals surface area contributed by atoms with Gasteiger partial charge in [-0.15, -0.1) is 0 Å². The molecule has 1 saturated carbocycles. The van der Waals surface area contributed by atoms with Gasteiger partial charge in [-0.05, 0) is 61.1 Å². The Labute approximate surface area is 218 Å². The molecule has 0 unspecified atom stereocenters. The highest BCUT2D eigenvalue weighted by atomic mass is 19.1. The van der Waals surface area contributed by atoms with Gasteiger partial charge in [0, 0.05) is 36.8 Å². The highest BCUT2D eigenvalue weighted by Gasteiger charge is 2.58. The lowest BCUT2D eigenvalue weighted by Gasteiger charge is -2.30. The number of ether oxygens (including phenoxy) is 2. The third kappa shape index (κ3) is 4.02. The molecule has 2 aliphatic heterocycles. The Morgan fingerprint density at radius 3 is 2.71 bits per heavy atom. The van der Waals surface area contributed by atoms with Crippen LogP contribution in [0.5, 0.6) is 5.75 Å². The molecule has 38 heavy (non-hydrogen) atoms. The summed E-state index contributed by atoms with van der Waals surface area (Å²) >= 11 is 0. The van der Waals surface area contributed by atoms with Crippen molar-refractivity contribution in [3.8, 4) is 5.75 Å². The minimum absolute atomic E-state index is 0.124. The van der Waals surface area contributed by atoms with E-state index >= 15 is 0 Å². The molecule has 2 aromatic rings. The summed E-state index contributed by atoms with van der Waals surface area (Å²) in [5, 5.41) is 5.17. The topological polar surface area (TPSA) is 117 Å². The lowest BCUT2D eigenvalue weighted by atomic mass is 9.94. The molecular formula is C27H27FN4O6. The van der Waals surface area contributed by atoms with Crippen molar-refractivity contribution in [2.75, 3.05) is 25.5 Å². The summed E-state index contributed by atoms with van der Waals surface area (Å²) < 4.78 is 25.5. The van der Waals surface area contributed by atoms with Gasteiger partial charge >= 0.3 is 12.1 Å². The maximum absolute atomic E-state index is 14.0. The summed E-state index contributed by atoms with van der Waals surface area (Å²) in [4.78, 5) is 54.3. The highest BCUT2D eigenvalue weighted by molar-refractivity contribution is 6.06. The maximum atomic E-state index is 14.0. The molecule has 2 fully saturated rings. The Hall–Kier alpha value is -4.15. The van der Waals surface area contributed by atoms with E-state index in [0.717, 1.165) is 23.3 Å². The predicted octanol–water partition coefficient (Wildman–Crippen LogP) is 2.90. The number of hydrogen-bond acceptors (Lipinski definition) is 6. The second-order valence-electron chi connectivity index (χ2n) is 10.2. The average molecular weight is 523 g/mol. The number of hydrogen-bond donors (Lipinski definition) is 2. The second kappa shape index (κ2) is 9.00. The van der Waals surface area contributed by atoms with Crippen LogP contribution in [0.25, 0.3) is 0 Å². The molecule has 0 radical (unpaired) electrons. The number of carbonyl (C=O) groups excluding carboxylic acids is 4. The van der Waals surface area contributed by atoms with E-state index in [1.54, 1.807) is 29.2 Å². The predicted molar refractivity (Wildman–Crippen MR) is 132 cm³/mol. The number of rotatable bonds is 4. The number of nitrogens with one attached hydrogen (secondary N) is 2. The first-order valence-electron chi connectivity index (χ1n) is 12.7. The summed E-state index contributed by atoms with van der Waals surface area (Å²) in [6.07, 6.45) is 1.74. The molecule has 6 rings (SSSR count). The number of halogens is 1. The SMILES string of the molecule is CNC(=O)Nc1ccc2c(c1)CC[C@@]21OC(=O)N(CC(=O)N2Cc3cc(F)ccc3OC[C@@H]2C2CC2)C1=O. The monoisotopic (exact) mass is 522 g/mol. The number of imide groups is 1. The number of anilines is 1. The molecule has 2 N–H and O–H groups in total. The molecule has 2 aromatic carbocycles. The van der Waals surface area contributed by atoms with Crippen LogP contribution in [0.3, 0.4) is 0 Å². The fraction of sp³-hybridized carbons (Fsp3) is 0.407. The number of benzene rings is 2. The largest absolute Gasteiger partial charge is 0.491 e. The van der Waals surface area contributed by atoms with Gasteiger partial charge in [-0.3, -0.25) is 9.59 Å². The summed E-state index contributed by atoms with van der Waals surface area (Å²) in [5.41, 5.74) is 0.933. The van der Waals surface area contributed by atoms with Gasteiger partial charge in [-0.1, -0.05) is 6.07 Å². The molecule has 10 nitrogen and oxygen atoms in total. The summed E-state index contributed by atoms with van der Waals surface area (Å²) in [7, 11) is 1.51. The minimum Gasteiger partial charge on any atom is -0.491 e. The Bertz CT molecular complexity index is 1360. The van der Waals surface area contributed by atoms with Crippen molar-refractivity contribution >= 4 is 29.6 Å². The quantitative estimate of drug-likeness (QED) is 0.638. The molecule has 4 aliphatic rings. The third-order valence-electron chi connectivity index (χ3n) is 7.80. The van der Waals surface area contributed by atoms with Crippen LogP contribution < -0.4 is 15.4 Å². The van der Waals surface area contributed by atoms with Crippen LogP contribution in [0.4, 0.5) is 19.7 Å². The lowest BCUT2D eigenvalue weighted by Crippen LogP contribution is -2.49. The van der Waals surface area contributed by atoms with Crippen LogP contribution in [0.15, 0.2) is 36.4 Å². The highest BCUT2D eigenvalue weighted by Crippen LogP contribution is 2.46. The van der Waals surface area contributed by atoms with Crippen LogP contribution in [0.1, 0.15) is 36.0 Å². The first-order valence-corrected chi connectivity index (χ1v) is 12.7. The molecule has 5 amide bonds. The normalized spacial score (nSPS) is 23.9. The molecule has 2 heterocycles. The number of nitrogens with zero attached hydrogens (tertiary/aromatic N) is 2. The van der Waals surface area contributed by atoms with Crippen molar-refractivity contribution in [3.63, 3.8) is 0 Å². The molecule has 0 bridgehead atoms. The Morgan fingerprint density at radius 1 is 1.13 bits per heavy atom.